The minimum atomic E-state index is -0.586. The molecule has 4 amide bonds. The van der Waals surface area contributed by atoms with Crippen molar-refractivity contribution in [2.24, 2.45) is 0 Å². The molecule has 5 aliphatic rings. The molecule has 1 aromatic heterocycles. The van der Waals surface area contributed by atoms with Gasteiger partial charge in [0.25, 0.3) is 5.91 Å². The second kappa shape index (κ2) is 30.1. The van der Waals surface area contributed by atoms with Crippen molar-refractivity contribution in [1.82, 2.24) is 14.9 Å². The van der Waals surface area contributed by atoms with E-state index in [0.29, 0.717) is 72.0 Å². The van der Waals surface area contributed by atoms with Crippen LogP contribution < -0.4 is 20.3 Å². The zero-order chi connectivity index (χ0) is 57.9. The van der Waals surface area contributed by atoms with E-state index in [-0.39, 0.29) is 46.7 Å². The van der Waals surface area contributed by atoms with Gasteiger partial charge in [0.15, 0.2) is 24.1 Å². The zero-order valence-corrected chi connectivity index (χ0v) is 46.8. The lowest BCUT2D eigenvalue weighted by atomic mass is 9.59. The maximum Gasteiger partial charge on any atom is 0.321 e. The van der Waals surface area contributed by atoms with Crippen LogP contribution in [0.2, 0.25) is 0 Å². The van der Waals surface area contributed by atoms with E-state index in [9.17, 15) is 28.5 Å². The van der Waals surface area contributed by atoms with E-state index in [1.54, 1.807) is 0 Å². The average molecular weight is 1120 g/mol. The number of ether oxygens (including phenoxy) is 1. The number of carbonyl (C=O) groups excluding carboxylic acids is 6. The van der Waals surface area contributed by atoms with Crippen molar-refractivity contribution >= 4 is 76.4 Å². The number of aliphatic hydroxyl groups is 2. The van der Waals surface area contributed by atoms with Crippen LogP contribution in [0.15, 0.2) is 78.9 Å². The quantitative estimate of drug-likeness (QED) is 0.0248. The number of hydrogen-bond donors (Lipinski definition) is 6. The normalized spacial score (nSPS) is 17.6. The van der Waals surface area contributed by atoms with Gasteiger partial charge in [-0.15, -0.1) is 11.3 Å². The molecular weight excluding hydrogens is 1040 g/mol. The Morgan fingerprint density at radius 1 is 0.886 bits per heavy atom. The van der Waals surface area contributed by atoms with Crippen LogP contribution in [0.1, 0.15) is 128 Å². The molecular formula is C59H76F2N6O11S. The zero-order valence-electron chi connectivity index (χ0n) is 46.0. The number of amides is 4. The van der Waals surface area contributed by atoms with Crippen LogP contribution in [-0.2, 0) is 20.8 Å². The van der Waals surface area contributed by atoms with Crippen LogP contribution in [0.4, 0.5) is 30.7 Å². The van der Waals surface area contributed by atoms with Crippen LogP contribution in [-0.4, -0.2) is 144 Å². The number of thiophene rings is 1. The average Bonchev–Trinajstić information content (AvgIpc) is 4.18. The molecule has 2 aliphatic carbocycles. The third kappa shape index (κ3) is 14.4. The Morgan fingerprint density at radius 3 is 2.08 bits per heavy atom. The molecule has 428 valence electrons. The molecule has 1 atom stereocenters. The van der Waals surface area contributed by atoms with Gasteiger partial charge in [0.2, 0.25) is 6.41 Å². The van der Waals surface area contributed by atoms with Crippen LogP contribution >= 0.6 is 11.3 Å². The number of piperidine rings is 2. The van der Waals surface area contributed by atoms with Crippen LogP contribution in [0.5, 0.6) is 5.75 Å². The minimum absolute atomic E-state index is 0.0183. The maximum atomic E-state index is 15.0. The summed E-state index contributed by atoms with van der Waals surface area (Å²) in [5.41, 5.74) is 7.31. The third-order valence-electron chi connectivity index (χ3n) is 15.8. The highest BCUT2D eigenvalue weighted by molar-refractivity contribution is 7.17. The van der Waals surface area contributed by atoms with Gasteiger partial charge in [0, 0.05) is 86.3 Å². The van der Waals surface area contributed by atoms with Crippen LogP contribution in [0, 0.1) is 5.82 Å². The molecule has 2 spiro atoms. The van der Waals surface area contributed by atoms with Crippen molar-refractivity contribution in [3.05, 3.63) is 106 Å². The van der Waals surface area contributed by atoms with E-state index < -0.39 is 5.82 Å². The predicted octanol–water partition coefficient (Wildman–Crippen LogP) is 10.6. The molecule has 1 unspecified atom stereocenters. The monoisotopic (exact) mass is 1110 g/mol. The summed E-state index contributed by atoms with van der Waals surface area (Å²) in [6.45, 7) is 5.22. The maximum absolute atomic E-state index is 15.0. The molecule has 3 aliphatic heterocycles. The molecule has 2 saturated heterocycles. The van der Waals surface area contributed by atoms with Crippen molar-refractivity contribution in [1.29, 1.82) is 0 Å². The number of benzene rings is 4. The summed E-state index contributed by atoms with van der Waals surface area (Å²) in [6.07, 6.45) is 15.9. The smallest absolute Gasteiger partial charge is 0.321 e. The Bertz CT molecular complexity index is 2810. The van der Waals surface area contributed by atoms with Gasteiger partial charge in [-0.3, -0.25) is 34.6 Å². The Morgan fingerprint density at radius 2 is 1.51 bits per heavy atom. The number of aldehydes is 3. The molecule has 17 nitrogen and oxygen atoms in total. The largest absolute Gasteiger partial charge is 0.481 e. The van der Waals surface area contributed by atoms with Gasteiger partial charge in [-0.2, -0.15) is 5.12 Å². The molecule has 4 heterocycles. The number of nitrogens with one attached hydrogen (secondary N) is 2. The van der Waals surface area contributed by atoms with E-state index in [2.05, 4.69) is 53.8 Å². The second-order valence-corrected chi connectivity index (χ2v) is 21.2. The molecule has 4 fully saturated rings. The van der Waals surface area contributed by atoms with E-state index in [1.807, 2.05) is 71.3 Å². The van der Waals surface area contributed by atoms with E-state index in [0.717, 1.165) is 104 Å². The first-order chi connectivity index (χ1) is 38.3. The van der Waals surface area contributed by atoms with Gasteiger partial charge >= 0.3 is 6.03 Å². The molecule has 0 bridgehead atoms. The summed E-state index contributed by atoms with van der Waals surface area (Å²) in [4.78, 5) is 75.1. The van der Waals surface area contributed by atoms with Crippen molar-refractivity contribution in [3.63, 3.8) is 0 Å². The minimum Gasteiger partial charge on any atom is -0.481 e. The van der Waals surface area contributed by atoms with Crippen molar-refractivity contribution in [3.8, 4) is 16.2 Å². The molecule has 2 saturated carbocycles. The number of aliphatic hydroxyl groups excluding tert-OH is 2. The topological polar surface area (TPSA) is 230 Å². The predicted molar refractivity (Wildman–Crippen MR) is 305 cm³/mol. The van der Waals surface area contributed by atoms with Crippen molar-refractivity contribution < 1.29 is 63.1 Å². The summed E-state index contributed by atoms with van der Waals surface area (Å²) in [5, 5.41) is 34.9. The lowest BCUT2D eigenvalue weighted by molar-refractivity contribution is -0.176. The highest BCUT2D eigenvalue weighted by Gasteiger charge is 2.57. The molecule has 79 heavy (non-hydrogen) atoms. The molecule has 6 N–H and O–H groups in total. The fraction of sp³-hybridized carbons (Fsp3) is 0.458. The second-order valence-electron chi connectivity index (χ2n) is 20.1. The Kier molecular flexibility index (Phi) is 24.0. The van der Waals surface area contributed by atoms with Crippen molar-refractivity contribution in [2.45, 2.75) is 126 Å². The van der Waals surface area contributed by atoms with Gasteiger partial charge in [-0.1, -0.05) is 53.9 Å². The number of carbonyl (C=O) groups is 6. The van der Waals surface area contributed by atoms with Gasteiger partial charge in [-0.05, 0) is 155 Å². The molecule has 20 heteroatoms. The van der Waals surface area contributed by atoms with Crippen LogP contribution in [0.3, 0.4) is 0 Å². The Labute approximate surface area is 465 Å². The lowest BCUT2D eigenvalue weighted by Crippen LogP contribution is -2.70. The first-order valence-corrected chi connectivity index (χ1v) is 27.5. The number of aryl methyl sites for hydroxylation is 1. The van der Waals surface area contributed by atoms with Gasteiger partial charge in [0.1, 0.15) is 17.8 Å². The first-order valence-electron chi connectivity index (χ1n) is 26.6. The van der Waals surface area contributed by atoms with E-state index >= 15 is 4.39 Å². The summed E-state index contributed by atoms with van der Waals surface area (Å²) in [6, 6.07) is 26.3. The number of nitrogens with zero attached hydrogens (tertiary/aromatic N) is 4. The van der Waals surface area contributed by atoms with E-state index in [4.69, 9.17) is 30.3 Å². The van der Waals surface area contributed by atoms with Crippen LogP contribution in [0.25, 0.3) is 21.2 Å². The lowest BCUT2D eigenvalue weighted by Gasteiger charge is -2.65. The third-order valence-corrected chi connectivity index (χ3v) is 17.0. The highest BCUT2D eigenvalue weighted by Crippen LogP contribution is 2.55. The number of urea groups is 1. The first kappa shape index (κ1) is 63.2. The van der Waals surface area contributed by atoms with Gasteiger partial charge in [-0.25, -0.2) is 9.18 Å². The summed E-state index contributed by atoms with van der Waals surface area (Å²) in [7, 11) is 5.36. The standard InChI is InChI=1S/C30H33N3O3.C25H29FN2O3S.C2H4FNO.2CH4O.H2O2/c1-3-21-8-4-9-23(19-21)31-30(36)32-16-14-22(15-17-32)24-12-13-27-28-25(24)10-5-11-26(28)29(35)33(27)20(2)7-6-18-34;1-28-24(7-3-8-24)14-19(15-25(28)9-4-10-25)27-18-6-2-5-17(13-18)23-21(26)22(31-12-11-29)20(16-30)32-23;1-4(3)2-5;3*1-2/h4-5,8-13,18-20,22H,3,6-7,14-17H2,1-2H3,(H,31,36);2,5-6,11,13,16,19,27H,3-4,7-10,12,14-15H2,1H3;2H,1H3;2*2H,1H3;1-2H. The number of hydrogen-bond acceptors (Lipinski definition) is 14. The fourth-order valence-corrected chi connectivity index (χ4v) is 12.7. The summed E-state index contributed by atoms with van der Waals surface area (Å²) < 4.78 is 31.1. The molecule has 10 rings (SSSR count). The Balaban J connectivity index is 0.000000248. The van der Waals surface area contributed by atoms with Gasteiger partial charge < -0.3 is 40.2 Å². The summed E-state index contributed by atoms with van der Waals surface area (Å²) in [5.74, 6) is -0.375. The Hall–Kier alpha value is -6.68. The molecule has 5 aromatic rings. The molecule has 0 radical (unpaired) electrons. The number of halogens is 2. The summed E-state index contributed by atoms with van der Waals surface area (Å²) >= 11 is 1.05. The fourth-order valence-electron chi connectivity index (χ4n) is 11.8. The number of anilines is 3. The van der Waals surface area contributed by atoms with Gasteiger partial charge in [0.05, 0.1) is 10.6 Å². The molecule has 4 aromatic carbocycles. The number of rotatable bonds is 15. The number of likely N-dealkylation sites (tertiary alicyclic amines) is 2. The van der Waals surface area contributed by atoms with E-state index in [1.165, 1.54) is 49.7 Å². The SMILES string of the molecule is CCc1cccc(NC(=O)N2CCC(c3ccc4c5c(cccc35)C(=O)N4C(C)CCC=O)CC2)c1.CN(F)C=O.CN1C2(CCC2)CC(Nc2cccc(-c3sc(C=O)c(OCC=O)c3F)c2)CC12CCC2.CO.CO.OO. The van der Waals surface area contributed by atoms with Crippen molar-refractivity contribution in [2.75, 3.05) is 63.5 Å². The highest BCUT2D eigenvalue weighted by atomic mass is 32.1.